The molecule has 1 heterocycles. The number of hydrogen-bond donors (Lipinski definition) is 1. The molecular formula is C14H19N3O2S. The van der Waals surface area contributed by atoms with E-state index in [9.17, 15) is 8.42 Å². The lowest BCUT2D eigenvalue weighted by atomic mass is 10.2. The summed E-state index contributed by atoms with van der Waals surface area (Å²) < 4.78 is 27.3. The van der Waals surface area contributed by atoms with E-state index in [1.807, 2.05) is 13.0 Å². The topological polar surface area (TPSA) is 73.2 Å². The van der Waals surface area contributed by atoms with Gasteiger partial charge in [0.15, 0.2) is 0 Å². The lowest BCUT2D eigenvalue weighted by molar-refractivity contribution is 0.313. The van der Waals surface area contributed by atoms with Crippen LogP contribution in [0.15, 0.2) is 29.2 Å². The zero-order valence-electron chi connectivity index (χ0n) is 11.5. The number of rotatable bonds is 5. The molecular weight excluding hydrogens is 274 g/mol. The van der Waals surface area contributed by atoms with E-state index >= 15 is 0 Å². The second-order valence-corrected chi connectivity index (χ2v) is 6.82. The molecule has 0 aliphatic carbocycles. The molecule has 5 nitrogen and oxygen atoms in total. The molecule has 0 radical (unpaired) electrons. The maximum Gasteiger partial charge on any atom is 0.242 e. The SMILES string of the molecule is CC(CN1CCCC1)NS(=O)(=O)c1ccccc1C#N. The highest BCUT2D eigenvalue weighted by atomic mass is 32.2. The first-order valence-electron chi connectivity index (χ1n) is 6.77. The Labute approximate surface area is 120 Å². The van der Waals surface area contributed by atoms with Gasteiger partial charge in [0.2, 0.25) is 10.0 Å². The first-order valence-corrected chi connectivity index (χ1v) is 8.25. The maximum absolute atomic E-state index is 12.3. The summed E-state index contributed by atoms with van der Waals surface area (Å²) >= 11 is 0. The molecule has 0 bridgehead atoms. The highest BCUT2D eigenvalue weighted by Gasteiger charge is 2.22. The van der Waals surface area contributed by atoms with Crippen molar-refractivity contribution < 1.29 is 8.42 Å². The van der Waals surface area contributed by atoms with Gasteiger partial charge in [-0.25, -0.2) is 13.1 Å². The fourth-order valence-electron chi connectivity index (χ4n) is 2.51. The van der Waals surface area contributed by atoms with Crippen LogP contribution in [0.25, 0.3) is 0 Å². The van der Waals surface area contributed by atoms with Crippen molar-refractivity contribution in [3.8, 4) is 6.07 Å². The van der Waals surface area contributed by atoms with Crippen molar-refractivity contribution in [2.45, 2.75) is 30.7 Å². The summed E-state index contributed by atoms with van der Waals surface area (Å²) in [5.74, 6) is 0. The number of nitrogens with zero attached hydrogens (tertiary/aromatic N) is 2. The van der Waals surface area contributed by atoms with Crippen molar-refractivity contribution >= 4 is 10.0 Å². The standard InChI is InChI=1S/C14H19N3O2S/c1-12(11-17-8-4-5-9-17)16-20(18,19)14-7-3-2-6-13(14)10-15/h2-3,6-7,12,16H,4-5,8-9,11H2,1H3. The summed E-state index contributed by atoms with van der Waals surface area (Å²) in [6, 6.07) is 8.00. The van der Waals surface area contributed by atoms with Crippen molar-refractivity contribution in [3.05, 3.63) is 29.8 Å². The summed E-state index contributed by atoms with van der Waals surface area (Å²) in [4.78, 5) is 2.30. The van der Waals surface area contributed by atoms with Crippen LogP contribution in [-0.2, 0) is 10.0 Å². The highest BCUT2D eigenvalue weighted by Crippen LogP contribution is 2.15. The molecule has 0 spiro atoms. The fraction of sp³-hybridized carbons (Fsp3) is 0.500. The van der Waals surface area contributed by atoms with Crippen LogP contribution in [0, 0.1) is 11.3 Å². The van der Waals surface area contributed by atoms with Crippen molar-refractivity contribution in [1.82, 2.24) is 9.62 Å². The van der Waals surface area contributed by atoms with Crippen LogP contribution < -0.4 is 4.72 Å². The third-order valence-corrected chi connectivity index (χ3v) is 5.03. The second-order valence-electron chi connectivity index (χ2n) is 5.14. The van der Waals surface area contributed by atoms with E-state index in [0.29, 0.717) is 6.54 Å². The Bertz CT molecular complexity index is 601. The summed E-state index contributed by atoms with van der Waals surface area (Å²) in [7, 11) is -3.64. The number of nitriles is 1. The molecule has 1 aliphatic heterocycles. The monoisotopic (exact) mass is 293 g/mol. The van der Waals surface area contributed by atoms with Crippen LogP contribution in [0.5, 0.6) is 0 Å². The van der Waals surface area contributed by atoms with Crippen molar-refractivity contribution in [2.24, 2.45) is 0 Å². The predicted molar refractivity (Wildman–Crippen MR) is 76.6 cm³/mol. The van der Waals surface area contributed by atoms with Gasteiger partial charge in [-0.05, 0) is 45.0 Å². The van der Waals surface area contributed by atoms with E-state index in [4.69, 9.17) is 5.26 Å². The van der Waals surface area contributed by atoms with E-state index in [1.165, 1.54) is 25.0 Å². The van der Waals surface area contributed by atoms with Crippen LogP contribution in [0.3, 0.4) is 0 Å². The predicted octanol–water partition coefficient (Wildman–Crippen LogP) is 1.32. The van der Waals surface area contributed by atoms with E-state index in [2.05, 4.69) is 9.62 Å². The minimum atomic E-state index is -3.64. The van der Waals surface area contributed by atoms with Gasteiger partial charge < -0.3 is 4.90 Å². The zero-order valence-corrected chi connectivity index (χ0v) is 12.4. The van der Waals surface area contributed by atoms with Gasteiger partial charge in [-0.15, -0.1) is 0 Å². The Hall–Kier alpha value is -1.42. The normalized spacial score (nSPS) is 17.8. The Balaban J connectivity index is 2.08. The van der Waals surface area contributed by atoms with Gasteiger partial charge >= 0.3 is 0 Å². The molecule has 0 amide bonds. The van der Waals surface area contributed by atoms with E-state index in [1.54, 1.807) is 12.1 Å². The smallest absolute Gasteiger partial charge is 0.242 e. The molecule has 1 aromatic rings. The third-order valence-electron chi connectivity index (χ3n) is 3.38. The summed E-state index contributed by atoms with van der Waals surface area (Å²) in [5.41, 5.74) is 0.174. The number of hydrogen-bond acceptors (Lipinski definition) is 4. The van der Waals surface area contributed by atoms with Gasteiger partial charge in [0.05, 0.1) is 10.5 Å². The Morgan fingerprint density at radius 2 is 2.00 bits per heavy atom. The van der Waals surface area contributed by atoms with Crippen LogP contribution in [-0.4, -0.2) is 39.0 Å². The molecule has 1 atom stereocenters. The molecule has 1 aromatic carbocycles. The van der Waals surface area contributed by atoms with Crippen LogP contribution >= 0.6 is 0 Å². The summed E-state index contributed by atoms with van der Waals surface area (Å²) in [6.45, 7) is 4.61. The van der Waals surface area contributed by atoms with Crippen molar-refractivity contribution in [2.75, 3.05) is 19.6 Å². The van der Waals surface area contributed by atoms with Crippen LogP contribution in [0.2, 0.25) is 0 Å². The molecule has 108 valence electrons. The Morgan fingerprint density at radius 1 is 1.35 bits per heavy atom. The zero-order chi connectivity index (χ0) is 14.6. The van der Waals surface area contributed by atoms with Crippen LogP contribution in [0.1, 0.15) is 25.3 Å². The number of nitrogens with one attached hydrogen (secondary N) is 1. The number of likely N-dealkylation sites (tertiary alicyclic amines) is 1. The molecule has 0 saturated carbocycles. The van der Waals surface area contributed by atoms with Crippen LogP contribution in [0.4, 0.5) is 0 Å². The molecule has 20 heavy (non-hydrogen) atoms. The molecule has 6 heteroatoms. The quantitative estimate of drug-likeness (QED) is 0.888. The van der Waals surface area contributed by atoms with Gasteiger partial charge in [-0.2, -0.15) is 5.26 Å². The van der Waals surface area contributed by atoms with Gasteiger partial charge in [0, 0.05) is 12.6 Å². The average molecular weight is 293 g/mol. The molecule has 1 fully saturated rings. The average Bonchev–Trinajstić information content (AvgIpc) is 2.90. The van der Waals surface area contributed by atoms with Gasteiger partial charge in [-0.1, -0.05) is 12.1 Å². The lowest BCUT2D eigenvalue weighted by Gasteiger charge is -2.21. The fourth-order valence-corrected chi connectivity index (χ4v) is 3.90. The first kappa shape index (κ1) is 15.0. The molecule has 1 saturated heterocycles. The van der Waals surface area contributed by atoms with E-state index < -0.39 is 10.0 Å². The second kappa shape index (κ2) is 6.35. The van der Waals surface area contributed by atoms with E-state index in [0.717, 1.165) is 13.1 Å². The first-order chi connectivity index (χ1) is 9.53. The van der Waals surface area contributed by atoms with Crippen molar-refractivity contribution in [1.29, 1.82) is 5.26 Å². The number of benzene rings is 1. The summed E-state index contributed by atoms with van der Waals surface area (Å²) in [5, 5.41) is 9.00. The third kappa shape index (κ3) is 3.57. The molecule has 1 aliphatic rings. The maximum atomic E-state index is 12.3. The lowest BCUT2D eigenvalue weighted by Crippen LogP contribution is -2.41. The molecule has 0 aromatic heterocycles. The minimum Gasteiger partial charge on any atom is -0.302 e. The van der Waals surface area contributed by atoms with E-state index in [-0.39, 0.29) is 16.5 Å². The summed E-state index contributed by atoms with van der Waals surface area (Å²) in [6.07, 6.45) is 2.35. The Kier molecular flexibility index (Phi) is 4.76. The molecule has 1 unspecified atom stereocenters. The molecule has 2 rings (SSSR count). The van der Waals surface area contributed by atoms with Crippen molar-refractivity contribution in [3.63, 3.8) is 0 Å². The highest BCUT2D eigenvalue weighted by molar-refractivity contribution is 7.89. The largest absolute Gasteiger partial charge is 0.302 e. The number of sulfonamides is 1. The Morgan fingerprint density at radius 3 is 2.65 bits per heavy atom. The van der Waals surface area contributed by atoms with Gasteiger partial charge in [-0.3, -0.25) is 0 Å². The van der Waals surface area contributed by atoms with Gasteiger partial charge in [0.1, 0.15) is 6.07 Å². The van der Waals surface area contributed by atoms with Gasteiger partial charge in [0.25, 0.3) is 0 Å². The molecule has 1 N–H and O–H groups in total. The minimum absolute atomic E-state index is 0.0516.